The predicted octanol–water partition coefficient (Wildman–Crippen LogP) is 4.82. The SMILES string of the molecule is CCCCOc1ccc(C[N+]2(C)C3CCC2CC(OC(=O)C(CO)c2ccccc2)C3)cc1. The zero-order chi connectivity index (χ0) is 23.3. The lowest BCUT2D eigenvalue weighted by Crippen LogP contribution is -2.58. The van der Waals surface area contributed by atoms with E-state index in [1.54, 1.807) is 0 Å². The third-order valence-electron chi connectivity index (χ3n) is 7.74. The van der Waals surface area contributed by atoms with Crippen molar-refractivity contribution in [1.29, 1.82) is 0 Å². The molecule has 178 valence electrons. The Hall–Kier alpha value is -2.37. The Kier molecular flexibility index (Phi) is 7.71. The summed E-state index contributed by atoms with van der Waals surface area (Å²) in [7, 11) is 2.37. The second-order valence-corrected chi connectivity index (χ2v) is 9.91. The summed E-state index contributed by atoms with van der Waals surface area (Å²) in [4.78, 5) is 12.9. The van der Waals surface area contributed by atoms with Crippen LogP contribution in [0.4, 0.5) is 0 Å². The molecular weight excluding hydrogens is 414 g/mol. The minimum absolute atomic E-state index is 0.0618. The predicted molar refractivity (Wildman–Crippen MR) is 129 cm³/mol. The molecule has 0 spiro atoms. The fourth-order valence-corrected chi connectivity index (χ4v) is 5.71. The average Bonchev–Trinajstić information content (AvgIpc) is 2.98. The number of carbonyl (C=O) groups excluding carboxylic acids is 1. The highest BCUT2D eigenvalue weighted by Crippen LogP contribution is 2.43. The number of hydrogen-bond donors (Lipinski definition) is 1. The van der Waals surface area contributed by atoms with Crippen LogP contribution in [0.25, 0.3) is 0 Å². The van der Waals surface area contributed by atoms with Gasteiger partial charge in [0, 0.05) is 31.2 Å². The van der Waals surface area contributed by atoms with Crippen LogP contribution in [-0.2, 0) is 16.1 Å². The van der Waals surface area contributed by atoms with E-state index in [2.05, 4.69) is 38.2 Å². The summed E-state index contributed by atoms with van der Waals surface area (Å²) in [6.07, 6.45) is 6.29. The minimum atomic E-state index is -0.607. The molecule has 0 saturated carbocycles. The molecule has 2 heterocycles. The van der Waals surface area contributed by atoms with Crippen molar-refractivity contribution in [3.05, 3.63) is 65.7 Å². The Balaban J connectivity index is 1.36. The van der Waals surface area contributed by atoms with Crippen LogP contribution in [0.2, 0.25) is 0 Å². The van der Waals surface area contributed by atoms with Gasteiger partial charge in [-0.3, -0.25) is 4.79 Å². The quantitative estimate of drug-likeness (QED) is 0.319. The molecule has 2 aromatic rings. The second-order valence-electron chi connectivity index (χ2n) is 9.91. The maximum atomic E-state index is 12.9. The van der Waals surface area contributed by atoms with E-state index in [1.165, 1.54) is 18.4 Å². The van der Waals surface area contributed by atoms with Gasteiger partial charge in [0.25, 0.3) is 0 Å². The van der Waals surface area contributed by atoms with Gasteiger partial charge in [0.2, 0.25) is 0 Å². The van der Waals surface area contributed by atoms with Crippen molar-refractivity contribution in [2.45, 2.75) is 76.1 Å². The zero-order valence-electron chi connectivity index (χ0n) is 20.0. The number of nitrogens with zero attached hydrogens (tertiary/aromatic N) is 1. The van der Waals surface area contributed by atoms with Crippen LogP contribution in [0, 0.1) is 0 Å². The number of carbonyl (C=O) groups is 1. The third-order valence-corrected chi connectivity index (χ3v) is 7.74. The van der Waals surface area contributed by atoms with E-state index in [-0.39, 0.29) is 18.7 Å². The standard InChI is InChI=1S/C28H38NO4/c1-3-4-16-32-25-14-10-21(11-15-25)19-29(2)23-12-13-24(29)18-26(17-23)33-28(31)27(20-30)22-8-6-5-7-9-22/h5-11,14-15,23-24,26-27,30H,3-4,12-13,16-20H2,1-2H3/q+1. The van der Waals surface area contributed by atoms with Crippen molar-refractivity contribution >= 4 is 5.97 Å². The normalized spacial score (nSPS) is 27.2. The Bertz CT molecular complexity index is 884. The number of unbranched alkanes of at least 4 members (excludes halogenated alkanes) is 1. The molecule has 0 amide bonds. The molecule has 2 bridgehead atoms. The van der Waals surface area contributed by atoms with E-state index in [0.29, 0.717) is 12.1 Å². The van der Waals surface area contributed by atoms with Gasteiger partial charge in [-0.1, -0.05) is 43.7 Å². The van der Waals surface area contributed by atoms with Crippen LogP contribution in [0.15, 0.2) is 54.6 Å². The molecule has 2 aromatic carbocycles. The number of benzene rings is 2. The molecule has 3 unspecified atom stereocenters. The first-order valence-corrected chi connectivity index (χ1v) is 12.5. The number of rotatable bonds is 10. The highest BCUT2D eigenvalue weighted by molar-refractivity contribution is 5.78. The lowest BCUT2D eigenvalue weighted by molar-refractivity contribution is -0.961. The third kappa shape index (κ3) is 5.42. The monoisotopic (exact) mass is 452 g/mol. The number of aliphatic hydroxyl groups is 1. The molecule has 5 nitrogen and oxygen atoms in total. The number of piperidine rings is 1. The fraction of sp³-hybridized carbons (Fsp3) is 0.536. The van der Waals surface area contributed by atoms with Crippen molar-refractivity contribution < 1.29 is 23.9 Å². The van der Waals surface area contributed by atoms with Gasteiger partial charge in [0.15, 0.2) is 0 Å². The molecule has 2 aliphatic rings. The number of fused-ring (bicyclic) bond motifs is 2. The van der Waals surface area contributed by atoms with Gasteiger partial charge in [0.1, 0.15) is 24.3 Å². The first-order chi connectivity index (χ1) is 16.0. The summed E-state index contributed by atoms with van der Waals surface area (Å²) in [5.74, 6) is 0.0351. The maximum Gasteiger partial charge on any atom is 0.316 e. The molecule has 3 atom stereocenters. The van der Waals surface area contributed by atoms with E-state index in [1.807, 2.05) is 30.3 Å². The number of esters is 1. The molecule has 5 heteroatoms. The van der Waals surface area contributed by atoms with E-state index in [9.17, 15) is 9.90 Å². The smallest absolute Gasteiger partial charge is 0.316 e. The first-order valence-electron chi connectivity index (χ1n) is 12.5. The lowest BCUT2D eigenvalue weighted by atomic mass is 9.95. The largest absolute Gasteiger partial charge is 0.494 e. The van der Waals surface area contributed by atoms with Crippen LogP contribution >= 0.6 is 0 Å². The molecule has 2 fully saturated rings. The van der Waals surface area contributed by atoms with Crippen molar-refractivity contribution in [3.63, 3.8) is 0 Å². The van der Waals surface area contributed by atoms with Gasteiger partial charge in [-0.2, -0.15) is 0 Å². The first kappa shape index (κ1) is 23.8. The van der Waals surface area contributed by atoms with E-state index in [4.69, 9.17) is 9.47 Å². The Morgan fingerprint density at radius 2 is 1.73 bits per heavy atom. The number of aliphatic hydroxyl groups excluding tert-OH is 1. The highest BCUT2D eigenvalue weighted by atomic mass is 16.5. The Labute approximate surface area is 197 Å². The summed E-state index contributed by atoms with van der Waals surface area (Å²) in [6.45, 7) is 3.71. The van der Waals surface area contributed by atoms with E-state index >= 15 is 0 Å². The number of hydrogen-bond acceptors (Lipinski definition) is 4. The fourth-order valence-electron chi connectivity index (χ4n) is 5.71. The van der Waals surface area contributed by atoms with Crippen LogP contribution in [0.1, 0.15) is 62.5 Å². The van der Waals surface area contributed by atoms with Crippen molar-refractivity contribution in [3.8, 4) is 5.75 Å². The van der Waals surface area contributed by atoms with Crippen LogP contribution in [0.5, 0.6) is 5.75 Å². The van der Waals surface area contributed by atoms with Crippen molar-refractivity contribution in [1.82, 2.24) is 0 Å². The van der Waals surface area contributed by atoms with E-state index in [0.717, 1.165) is 54.6 Å². The molecule has 0 radical (unpaired) electrons. The summed E-state index contributed by atoms with van der Waals surface area (Å²) in [6, 6.07) is 19.0. The van der Waals surface area contributed by atoms with Crippen LogP contribution < -0.4 is 4.74 Å². The number of ether oxygens (including phenoxy) is 2. The molecule has 0 aromatic heterocycles. The van der Waals surface area contributed by atoms with Crippen LogP contribution in [-0.4, -0.2) is 54.0 Å². The molecule has 2 aliphatic heterocycles. The van der Waals surface area contributed by atoms with Gasteiger partial charge in [-0.15, -0.1) is 0 Å². The molecule has 2 saturated heterocycles. The molecule has 4 rings (SSSR count). The lowest BCUT2D eigenvalue weighted by Gasteiger charge is -2.47. The topological polar surface area (TPSA) is 55.8 Å². The van der Waals surface area contributed by atoms with Gasteiger partial charge in [-0.25, -0.2) is 0 Å². The van der Waals surface area contributed by atoms with Crippen LogP contribution in [0.3, 0.4) is 0 Å². The van der Waals surface area contributed by atoms with Crippen molar-refractivity contribution in [2.24, 2.45) is 0 Å². The molecular formula is C28H38NO4+. The molecule has 33 heavy (non-hydrogen) atoms. The summed E-state index contributed by atoms with van der Waals surface area (Å²) < 4.78 is 12.8. The van der Waals surface area contributed by atoms with Gasteiger partial charge >= 0.3 is 5.97 Å². The average molecular weight is 453 g/mol. The minimum Gasteiger partial charge on any atom is -0.494 e. The van der Waals surface area contributed by atoms with Gasteiger partial charge in [0.05, 0.1) is 32.3 Å². The summed E-state index contributed by atoms with van der Waals surface area (Å²) >= 11 is 0. The second kappa shape index (κ2) is 10.7. The Morgan fingerprint density at radius 1 is 1.06 bits per heavy atom. The summed E-state index contributed by atoms with van der Waals surface area (Å²) in [5.41, 5.74) is 2.14. The maximum absolute atomic E-state index is 12.9. The van der Waals surface area contributed by atoms with Gasteiger partial charge < -0.3 is 19.1 Å². The Morgan fingerprint density at radius 3 is 2.33 bits per heavy atom. The molecule has 1 N–H and O–H groups in total. The zero-order valence-corrected chi connectivity index (χ0v) is 20.0. The molecule has 0 aliphatic carbocycles. The van der Waals surface area contributed by atoms with Gasteiger partial charge in [-0.05, 0) is 36.2 Å². The summed E-state index contributed by atoms with van der Waals surface area (Å²) in [5, 5.41) is 9.81. The van der Waals surface area contributed by atoms with Crippen molar-refractivity contribution in [2.75, 3.05) is 20.3 Å². The highest BCUT2D eigenvalue weighted by Gasteiger charge is 2.52. The van der Waals surface area contributed by atoms with E-state index < -0.39 is 5.92 Å². The number of quaternary nitrogens is 1.